The highest BCUT2D eigenvalue weighted by Gasteiger charge is 2.05. The summed E-state index contributed by atoms with van der Waals surface area (Å²) < 4.78 is 10.4. The Morgan fingerprint density at radius 3 is 2.90 bits per heavy atom. The average molecular weight is 301 g/mol. The van der Waals surface area contributed by atoms with Crippen molar-refractivity contribution in [1.82, 2.24) is 0 Å². The van der Waals surface area contributed by atoms with Gasteiger partial charge in [-0.2, -0.15) is 0 Å². The van der Waals surface area contributed by atoms with Gasteiger partial charge < -0.3 is 20.5 Å². The van der Waals surface area contributed by atoms with Crippen molar-refractivity contribution in [2.45, 2.75) is 25.9 Å². The summed E-state index contributed by atoms with van der Waals surface area (Å²) in [4.78, 5) is 11.7. The number of amides is 1. The first-order valence-corrected chi connectivity index (χ1v) is 6.86. The van der Waals surface area contributed by atoms with E-state index in [1.807, 2.05) is 6.92 Å². The van der Waals surface area contributed by atoms with Crippen LogP contribution in [0, 0.1) is 0 Å². The van der Waals surface area contributed by atoms with E-state index in [2.05, 4.69) is 5.32 Å². The Balaban J connectivity index is 2.25. The number of halogens is 1. The molecule has 0 saturated carbocycles. The van der Waals surface area contributed by atoms with Gasteiger partial charge in [0.2, 0.25) is 5.91 Å². The molecule has 1 unspecified atom stereocenters. The summed E-state index contributed by atoms with van der Waals surface area (Å²) in [6.07, 6.45) is 1.09. The van der Waals surface area contributed by atoms with Crippen molar-refractivity contribution in [3.05, 3.63) is 23.2 Å². The van der Waals surface area contributed by atoms with Crippen molar-refractivity contribution in [2.75, 3.05) is 31.4 Å². The number of ether oxygens (including phenoxy) is 2. The van der Waals surface area contributed by atoms with E-state index in [0.29, 0.717) is 42.5 Å². The third-order valence-electron chi connectivity index (χ3n) is 2.63. The molecule has 0 fully saturated rings. The lowest BCUT2D eigenvalue weighted by Gasteiger charge is -2.11. The normalized spacial score (nSPS) is 12.2. The van der Waals surface area contributed by atoms with Crippen LogP contribution in [0.4, 0.5) is 11.4 Å². The van der Waals surface area contributed by atoms with E-state index in [-0.39, 0.29) is 12.0 Å². The molecule has 5 nitrogen and oxygen atoms in total. The van der Waals surface area contributed by atoms with Gasteiger partial charge in [-0.05, 0) is 31.5 Å². The zero-order valence-electron chi connectivity index (χ0n) is 11.8. The second kappa shape index (κ2) is 8.79. The minimum Gasteiger partial charge on any atom is -0.397 e. The Hall–Kier alpha value is -1.30. The molecule has 0 radical (unpaired) electrons. The molecule has 1 aromatic rings. The quantitative estimate of drug-likeness (QED) is 0.572. The summed E-state index contributed by atoms with van der Waals surface area (Å²) >= 11 is 5.81. The molecule has 0 aliphatic rings. The van der Waals surface area contributed by atoms with E-state index >= 15 is 0 Å². The molecular weight excluding hydrogens is 280 g/mol. The number of hydrogen-bond donors (Lipinski definition) is 2. The van der Waals surface area contributed by atoms with Gasteiger partial charge in [-0.15, -0.1) is 0 Å². The van der Waals surface area contributed by atoms with E-state index in [4.69, 9.17) is 26.8 Å². The molecule has 6 heteroatoms. The lowest BCUT2D eigenvalue weighted by molar-refractivity contribution is -0.116. The molecule has 0 saturated heterocycles. The van der Waals surface area contributed by atoms with Gasteiger partial charge in [0, 0.05) is 25.8 Å². The highest BCUT2D eigenvalue weighted by atomic mass is 35.5. The fraction of sp³-hybridized carbons (Fsp3) is 0.500. The lowest BCUT2D eigenvalue weighted by Crippen LogP contribution is -2.17. The molecule has 0 heterocycles. The highest BCUT2D eigenvalue weighted by molar-refractivity contribution is 6.33. The number of carbonyl (C=O) groups is 1. The van der Waals surface area contributed by atoms with Gasteiger partial charge in [0.05, 0.1) is 23.4 Å². The predicted octanol–water partition coefficient (Wildman–Crippen LogP) is 2.69. The zero-order chi connectivity index (χ0) is 15.0. The van der Waals surface area contributed by atoms with E-state index in [0.717, 1.165) is 0 Å². The van der Waals surface area contributed by atoms with Gasteiger partial charge >= 0.3 is 0 Å². The van der Waals surface area contributed by atoms with Gasteiger partial charge in [-0.25, -0.2) is 0 Å². The van der Waals surface area contributed by atoms with E-state index in [1.165, 1.54) is 0 Å². The van der Waals surface area contributed by atoms with Gasteiger partial charge in [0.15, 0.2) is 0 Å². The number of anilines is 2. The Bertz CT molecular complexity index is 440. The molecule has 0 aliphatic heterocycles. The summed E-state index contributed by atoms with van der Waals surface area (Å²) in [6.45, 7) is 3.01. The largest absolute Gasteiger partial charge is 0.397 e. The first-order valence-electron chi connectivity index (χ1n) is 6.48. The molecule has 3 N–H and O–H groups in total. The predicted molar refractivity (Wildman–Crippen MR) is 81.0 cm³/mol. The van der Waals surface area contributed by atoms with Gasteiger partial charge in [0.25, 0.3) is 0 Å². The molecule has 0 spiro atoms. The van der Waals surface area contributed by atoms with Crippen molar-refractivity contribution >= 4 is 28.9 Å². The van der Waals surface area contributed by atoms with Crippen molar-refractivity contribution in [2.24, 2.45) is 0 Å². The standard InChI is InChI=1S/C14H21ClN2O3/c1-10(9-19-2)20-7-3-4-14(18)17-11-5-6-12(15)13(16)8-11/h5-6,8,10H,3-4,7,9,16H2,1-2H3,(H,17,18). The monoisotopic (exact) mass is 300 g/mol. The molecule has 1 amide bonds. The maximum absolute atomic E-state index is 11.7. The van der Waals surface area contributed by atoms with Crippen molar-refractivity contribution in [1.29, 1.82) is 0 Å². The van der Waals surface area contributed by atoms with Crippen molar-refractivity contribution in [3.63, 3.8) is 0 Å². The maximum Gasteiger partial charge on any atom is 0.224 e. The first kappa shape index (κ1) is 16.8. The second-order valence-corrected chi connectivity index (χ2v) is 4.93. The van der Waals surface area contributed by atoms with Gasteiger partial charge in [-0.1, -0.05) is 11.6 Å². The zero-order valence-corrected chi connectivity index (χ0v) is 12.6. The summed E-state index contributed by atoms with van der Waals surface area (Å²) in [5, 5.41) is 3.24. The fourth-order valence-electron chi connectivity index (χ4n) is 1.65. The molecule has 112 valence electrons. The molecule has 0 aliphatic carbocycles. The van der Waals surface area contributed by atoms with Gasteiger partial charge in [-0.3, -0.25) is 4.79 Å². The van der Waals surface area contributed by atoms with Crippen LogP contribution in [-0.4, -0.2) is 32.3 Å². The number of nitrogen functional groups attached to an aromatic ring is 1. The van der Waals surface area contributed by atoms with Gasteiger partial charge in [0.1, 0.15) is 0 Å². The Morgan fingerprint density at radius 1 is 1.50 bits per heavy atom. The van der Waals surface area contributed by atoms with E-state index < -0.39 is 0 Å². The summed E-state index contributed by atoms with van der Waals surface area (Å²) in [5.74, 6) is -0.0743. The number of benzene rings is 1. The average Bonchev–Trinajstić information content (AvgIpc) is 2.39. The SMILES string of the molecule is COCC(C)OCCCC(=O)Nc1ccc(Cl)c(N)c1. The van der Waals surface area contributed by atoms with Crippen molar-refractivity contribution < 1.29 is 14.3 Å². The number of carbonyl (C=O) groups excluding carboxylic acids is 1. The number of rotatable bonds is 8. The molecular formula is C14H21ClN2O3. The molecule has 1 aromatic carbocycles. The van der Waals surface area contributed by atoms with Crippen LogP contribution in [-0.2, 0) is 14.3 Å². The number of nitrogens with two attached hydrogens (primary N) is 1. The summed E-state index contributed by atoms with van der Waals surface area (Å²) in [5.41, 5.74) is 6.75. The first-order chi connectivity index (χ1) is 9.52. The Morgan fingerprint density at radius 2 is 2.25 bits per heavy atom. The molecule has 20 heavy (non-hydrogen) atoms. The van der Waals surface area contributed by atoms with Crippen molar-refractivity contribution in [3.8, 4) is 0 Å². The number of methoxy groups -OCH3 is 1. The smallest absolute Gasteiger partial charge is 0.224 e. The van der Waals surface area contributed by atoms with E-state index in [9.17, 15) is 4.79 Å². The highest BCUT2D eigenvalue weighted by Crippen LogP contribution is 2.22. The van der Waals surface area contributed by atoms with Crippen LogP contribution in [0.5, 0.6) is 0 Å². The minimum atomic E-state index is -0.0743. The summed E-state index contributed by atoms with van der Waals surface area (Å²) in [7, 11) is 1.63. The van der Waals surface area contributed by atoms with E-state index in [1.54, 1.807) is 25.3 Å². The topological polar surface area (TPSA) is 73.6 Å². The Labute approximate surface area is 124 Å². The molecule has 1 rings (SSSR count). The molecule has 0 aromatic heterocycles. The minimum absolute atomic E-state index is 0.0409. The lowest BCUT2D eigenvalue weighted by atomic mass is 10.2. The third-order valence-corrected chi connectivity index (χ3v) is 2.98. The Kier molecular flexibility index (Phi) is 7.36. The fourth-order valence-corrected chi connectivity index (χ4v) is 1.76. The van der Waals surface area contributed by atoms with Crippen LogP contribution in [0.25, 0.3) is 0 Å². The van der Waals surface area contributed by atoms with Crippen LogP contribution >= 0.6 is 11.6 Å². The van der Waals surface area contributed by atoms with Crippen LogP contribution in [0.3, 0.4) is 0 Å². The van der Waals surface area contributed by atoms with Crippen LogP contribution in [0.2, 0.25) is 5.02 Å². The third kappa shape index (κ3) is 6.23. The number of hydrogen-bond acceptors (Lipinski definition) is 4. The second-order valence-electron chi connectivity index (χ2n) is 4.52. The number of nitrogens with one attached hydrogen (secondary N) is 1. The maximum atomic E-state index is 11.7. The summed E-state index contributed by atoms with van der Waals surface area (Å²) in [6, 6.07) is 5.01. The molecule has 0 bridgehead atoms. The van der Waals surface area contributed by atoms with Crippen LogP contribution in [0.15, 0.2) is 18.2 Å². The van der Waals surface area contributed by atoms with Crippen LogP contribution in [0.1, 0.15) is 19.8 Å². The molecule has 1 atom stereocenters. The van der Waals surface area contributed by atoms with Crippen LogP contribution < -0.4 is 11.1 Å².